The molecule has 1 rings (SSSR count). The molecule has 1 aromatic heterocycles. The third-order valence-corrected chi connectivity index (χ3v) is 3.07. The van der Waals surface area contributed by atoms with Crippen molar-refractivity contribution < 1.29 is 5.11 Å². The predicted molar refractivity (Wildman–Crippen MR) is 70.9 cm³/mol. The van der Waals surface area contributed by atoms with E-state index < -0.39 is 0 Å². The number of nitrogens with zero attached hydrogens (tertiary/aromatic N) is 2. The number of aromatic nitrogens is 1. The number of aliphatic hydroxyl groups is 1. The van der Waals surface area contributed by atoms with Gasteiger partial charge in [0.25, 0.3) is 0 Å². The Kier molecular flexibility index (Phi) is 5.94. The molecule has 0 fully saturated rings. The molecule has 96 valence electrons. The van der Waals surface area contributed by atoms with Crippen molar-refractivity contribution in [3.8, 4) is 0 Å². The summed E-state index contributed by atoms with van der Waals surface area (Å²) in [4.78, 5) is 6.43. The van der Waals surface area contributed by atoms with Crippen molar-refractivity contribution in [1.29, 1.82) is 0 Å². The van der Waals surface area contributed by atoms with Gasteiger partial charge in [0.15, 0.2) is 0 Å². The zero-order chi connectivity index (χ0) is 12.7. The minimum atomic E-state index is 0.163. The van der Waals surface area contributed by atoms with E-state index >= 15 is 0 Å². The summed E-state index contributed by atoms with van der Waals surface area (Å²) >= 11 is 0. The molecular weight excluding hydrogens is 214 g/mol. The second-order valence-corrected chi connectivity index (χ2v) is 4.10. The Balaban J connectivity index is 2.94. The van der Waals surface area contributed by atoms with Crippen LogP contribution in [0.5, 0.6) is 0 Å². The molecule has 0 radical (unpaired) electrons. The topological polar surface area (TPSA) is 62.4 Å². The minimum Gasteiger partial charge on any atom is -0.395 e. The van der Waals surface area contributed by atoms with Crippen LogP contribution in [0.1, 0.15) is 32.4 Å². The summed E-state index contributed by atoms with van der Waals surface area (Å²) in [6.45, 7) is 5.61. The molecule has 17 heavy (non-hydrogen) atoms. The molecule has 0 aromatic carbocycles. The van der Waals surface area contributed by atoms with Gasteiger partial charge in [-0.15, -0.1) is 0 Å². The lowest BCUT2D eigenvalue weighted by atomic mass is 10.1. The molecule has 0 amide bonds. The second kappa shape index (κ2) is 7.25. The molecule has 1 heterocycles. The highest BCUT2D eigenvalue weighted by atomic mass is 16.3. The van der Waals surface area contributed by atoms with Gasteiger partial charge < -0.3 is 15.7 Å². The van der Waals surface area contributed by atoms with Gasteiger partial charge in [0.05, 0.1) is 12.3 Å². The zero-order valence-electron chi connectivity index (χ0n) is 10.8. The highest BCUT2D eigenvalue weighted by molar-refractivity contribution is 5.47. The first-order valence-electron chi connectivity index (χ1n) is 6.29. The first-order valence-corrected chi connectivity index (χ1v) is 6.29. The van der Waals surface area contributed by atoms with Crippen molar-refractivity contribution in [3.05, 3.63) is 24.0 Å². The van der Waals surface area contributed by atoms with Crippen molar-refractivity contribution in [3.63, 3.8) is 0 Å². The summed E-state index contributed by atoms with van der Waals surface area (Å²) in [6, 6.07) is 4.44. The van der Waals surface area contributed by atoms with Crippen LogP contribution in [0.4, 0.5) is 5.69 Å². The molecule has 0 aliphatic rings. The average molecular weight is 237 g/mol. The van der Waals surface area contributed by atoms with E-state index in [9.17, 15) is 5.11 Å². The number of nitrogens with two attached hydrogens (primary N) is 1. The van der Waals surface area contributed by atoms with E-state index in [2.05, 4.69) is 23.7 Å². The first kappa shape index (κ1) is 13.9. The van der Waals surface area contributed by atoms with Crippen LogP contribution in [-0.2, 0) is 6.54 Å². The van der Waals surface area contributed by atoms with Gasteiger partial charge in [-0.1, -0.05) is 13.8 Å². The van der Waals surface area contributed by atoms with Crippen LogP contribution >= 0.6 is 0 Å². The van der Waals surface area contributed by atoms with Crippen molar-refractivity contribution in [2.75, 3.05) is 18.1 Å². The number of hydrogen-bond donors (Lipinski definition) is 2. The van der Waals surface area contributed by atoms with Gasteiger partial charge in [-0.05, 0) is 25.0 Å². The van der Waals surface area contributed by atoms with Gasteiger partial charge in [-0.25, -0.2) is 0 Å². The highest BCUT2D eigenvalue weighted by Crippen LogP contribution is 2.20. The SMILES string of the molecule is CCC(CC)N(CCO)c1ccnc(CN)c1. The van der Waals surface area contributed by atoms with Gasteiger partial charge in [0.1, 0.15) is 0 Å². The highest BCUT2D eigenvalue weighted by Gasteiger charge is 2.15. The van der Waals surface area contributed by atoms with Gasteiger partial charge in [0.2, 0.25) is 0 Å². The van der Waals surface area contributed by atoms with E-state index in [1.54, 1.807) is 6.20 Å². The number of hydrogen-bond acceptors (Lipinski definition) is 4. The lowest BCUT2D eigenvalue weighted by Gasteiger charge is -2.32. The van der Waals surface area contributed by atoms with Crippen molar-refractivity contribution in [1.82, 2.24) is 4.98 Å². The smallest absolute Gasteiger partial charge is 0.0606 e. The quantitative estimate of drug-likeness (QED) is 0.755. The number of rotatable bonds is 7. The van der Waals surface area contributed by atoms with Crippen LogP contribution in [0.2, 0.25) is 0 Å². The third kappa shape index (κ3) is 3.68. The molecule has 4 heteroatoms. The second-order valence-electron chi connectivity index (χ2n) is 4.10. The summed E-state index contributed by atoms with van der Waals surface area (Å²) in [7, 11) is 0. The molecule has 0 saturated heterocycles. The maximum atomic E-state index is 9.18. The number of anilines is 1. The molecule has 0 saturated carbocycles. The number of aliphatic hydroxyl groups excluding tert-OH is 1. The minimum absolute atomic E-state index is 0.163. The van der Waals surface area contributed by atoms with Crippen molar-refractivity contribution in [2.24, 2.45) is 5.73 Å². The van der Waals surface area contributed by atoms with Gasteiger partial charge in [0, 0.05) is 31.0 Å². The lowest BCUT2D eigenvalue weighted by molar-refractivity contribution is 0.296. The molecule has 0 unspecified atom stereocenters. The molecule has 3 N–H and O–H groups in total. The predicted octanol–water partition coefficient (Wildman–Crippen LogP) is 1.53. The van der Waals surface area contributed by atoms with Crippen LogP contribution in [0, 0.1) is 0 Å². The Morgan fingerprint density at radius 2 is 2.12 bits per heavy atom. The first-order chi connectivity index (χ1) is 8.26. The van der Waals surface area contributed by atoms with Crippen molar-refractivity contribution >= 4 is 5.69 Å². The lowest BCUT2D eigenvalue weighted by Crippen LogP contribution is -2.36. The average Bonchev–Trinajstić information content (AvgIpc) is 2.39. The Morgan fingerprint density at radius 3 is 2.65 bits per heavy atom. The largest absolute Gasteiger partial charge is 0.395 e. The van der Waals surface area contributed by atoms with Gasteiger partial charge in [-0.2, -0.15) is 0 Å². The summed E-state index contributed by atoms with van der Waals surface area (Å²) < 4.78 is 0. The molecule has 0 bridgehead atoms. The summed E-state index contributed by atoms with van der Waals surface area (Å²) in [6.07, 6.45) is 3.91. The van der Waals surface area contributed by atoms with E-state index in [4.69, 9.17) is 5.73 Å². The van der Waals surface area contributed by atoms with E-state index in [1.807, 2.05) is 12.1 Å². The maximum Gasteiger partial charge on any atom is 0.0606 e. The molecule has 0 atom stereocenters. The van der Waals surface area contributed by atoms with E-state index in [0.29, 0.717) is 19.1 Å². The standard InChI is InChI=1S/C13H23N3O/c1-3-12(4-2)16(7-8-17)13-5-6-15-11(9-13)10-14/h5-6,9,12,17H,3-4,7-8,10,14H2,1-2H3. The normalized spacial score (nSPS) is 10.9. The van der Waals surface area contributed by atoms with Crippen LogP contribution in [0.3, 0.4) is 0 Å². The summed E-state index contributed by atoms with van der Waals surface area (Å²) in [5, 5.41) is 9.18. The van der Waals surface area contributed by atoms with E-state index in [1.165, 1.54) is 0 Å². The fourth-order valence-corrected chi connectivity index (χ4v) is 2.12. The Morgan fingerprint density at radius 1 is 1.41 bits per heavy atom. The Hall–Kier alpha value is -1.13. The monoisotopic (exact) mass is 237 g/mol. The van der Waals surface area contributed by atoms with Crippen LogP contribution < -0.4 is 10.6 Å². The van der Waals surface area contributed by atoms with E-state index in [-0.39, 0.29) is 6.61 Å². The summed E-state index contributed by atoms with van der Waals surface area (Å²) in [5.41, 5.74) is 7.59. The molecule has 0 aliphatic heterocycles. The van der Waals surface area contributed by atoms with Crippen molar-refractivity contribution in [2.45, 2.75) is 39.3 Å². The molecule has 0 spiro atoms. The molecule has 1 aromatic rings. The van der Waals surface area contributed by atoms with E-state index in [0.717, 1.165) is 24.2 Å². The van der Waals surface area contributed by atoms with Gasteiger partial charge in [-0.3, -0.25) is 4.98 Å². The van der Waals surface area contributed by atoms with Gasteiger partial charge >= 0.3 is 0 Å². The fraction of sp³-hybridized carbons (Fsp3) is 0.615. The zero-order valence-corrected chi connectivity index (χ0v) is 10.8. The maximum absolute atomic E-state index is 9.18. The Bertz CT molecular complexity index is 326. The van der Waals surface area contributed by atoms with Crippen LogP contribution in [0.15, 0.2) is 18.3 Å². The molecule has 0 aliphatic carbocycles. The molecule has 4 nitrogen and oxygen atoms in total. The third-order valence-electron chi connectivity index (χ3n) is 3.07. The van der Waals surface area contributed by atoms with Crippen LogP contribution in [0.25, 0.3) is 0 Å². The fourth-order valence-electron chi connectivity index (χ4n) is 2.12. The Labute approximate surface area is 103 Å². The number of pyridine rings is 1. The summed E-state index contributed by atoms with van der Waals surface area (Å²) in [5.74, 6) is 0. The molecular formula is C13H23N3O. The van der Waals surface area contributed by atoms with Crippen LogP contribution in [-0.4, -0.2) is 29.3 Å².